The number of amides is 1. The lowest BCUT2D eigenvalue weighted by atomic mass is 10.0. The lowest BCUT2D eigenvalue weighted by Crippen LogP contribution is -2.24. The van der Waals surface area contributed by atoms with Crippen LogP contribution in [0.4, 0.5) is 13.2 Å². The van der Waals surface area contributed by atoms with Gasteiger partial charge in [-0.1, -0.05) is 42.5 Å². The molecule has 156 valence electrons. The van der Waals surface area contributed by atoms with Gasteiger partial charge in [0.15, 0.2) is 0 Å². The molecule has 2 heterocycles. The Kier molecular flexibility index (Phi) is 5.66. The van der Waals surface area contributed by atoms with Gasteiger partial charge in [-0.05, 0) is 35.4 Å². The predicted molar refractivity (Wildman–Crippen MR) is 112 cm³/mol. The van der Waals surface area contributed by atoms with Gasteiger partial charge in [0.25, 0.3) is 0 Å². The number of alkyl halides is 3. The first kappa shape index (κ1) is 20.5. The van der Waals surface area contributed by atoms with E-state index in [1.165, 1.54) is 6.07 Å². The summed E-state index contributed by atoms with van der Waals surface area (Å²) in [6.07, 6.45) is -0.975. The summed E-state index contributed by atoms with van der Waals surface area (Å²) in [5.41, 5.74) is 2.24. The second-order valence-electron chi connectivity index (χ2n) is 7.08. The molecular weight excluding hydrogens is 403 g/mol. The summed E-state index contributed by atoms with van der Waals surface area (Å²) < 4.78 is 39.2. The number of fused-ring (bicyclic) bond motifs is 1. The van der Waals surface area contributed by atoms with Crippen molar-refractivity contribution in [3.05, 3.63) is 95.8 Å². The van der Waals surface area contributed by atoms with E-state index in [4.69, 9.17) is 0 Å². The molecule has 2 aromatic carbocycles. The van der Waals surface area contributed by atoms with Crippen molar-refractivity contribution >= 4 is 16.8 Å². The highest BCUT2D eigenvalue weighted by atomic mass is 19.4. The lowest BCUT2D eigenvalue weighted by Gasteiger charge is -2.11. The molecule has 0 aliphatic rings. The molecule has 0 radical (unpaired) electrons. The third-order valence-electron chi connectivity index (χ3n) is 4.85. The molecule has 0 bridgehead atoms. The van der Waals surface area contributed by atoms with Gasteiger partial charge in [-0.3, -0.25) is 9.78 Å². The lowest BCUT2D eigenvalue weighted by molar-refractivity contribution is -0.137. The Morgan fingerprint density at radius 2 is 1.81 bits per heavy atom. The summed E-state index contributed by atoms with van der Waals surface area (Å²) in [4.78, 5) is 21.1. The average Bonchev–Trinajstić information content (AvgIpc) is 2.78. The van der Waals surface area contributed by atoms with Crippen LogP contribution in [-0.2, 0) is 23.9 Å². The minimum absolute atomic E-state index is 0.108. The number of benzene rings is 2. The summed E-state index contributed by atoms with van der Waals surface area (Å²) in [6, 6.07) is 17.7. The number of rotatable bonds is 5. The van der Waals surface area contributed by atoms with Crippen molar-refractivity contribution in [3.8, 4) is 11.3 Å². The van der Waals surface area contributed by atoms with Crippen molar-refractivity contribution in [3.63, 3.8) is 0 Å². The molecule has 0 saturated heterocycles. The van der Waals surface area contributed by atoms with Gasteiger partial charge in [-0.15, -0.1) is 0 Å². The van der Waals surface area contributed by atoms with E-state index in [0.29, 0.717) is 28.9 Å². The van der Waals surface area contributed by atoms with Gasteiger partial charge in [0.05, 0.1) is 23.2 Å². The highest BCUT2D eigenvalue weighted by Gasteiger charge is 2.30. The van der Waals surface area contributed by atoms with Crippen LogP contribution in [0.15, 0.2) is 79.1 Å². The Balaban J connectivity index is 1.60. The number of hydrogen-bond acceptors (Lipinski definition) is 3. The molecule has 31 heavy (non-hydrogen) atoms. The first-order valence-corrected chi connectivity index (χ1v) is 9.62. The standard InChI is InChI=1S/C24H18F3N3O/c25-24(26,27)20-8-2-6-18(12-20)21-10-9-17-5-1-7-19(23(17)30-21)13-22(31)29-15-16-4-3-11-28-14-16/h1-12,14H,13,15H2,(H,29,31). The van der Waals surface area contributed by atoms with Crippen LogP contribution in [0.1, 0.15) is 16.7 Å². The van der Waals surface area contributed by atoms with Crippen molar-refractivity contribution in [2.24, 2.45) is 0 Å². The average molecular weight is 421 g/mol. The van der Waals surface area contributed by atoms with Gasteiger partial charge < -0.3 is 5.32 Å². The van der Waals surface area contributed by atoms with Gasteiger partial charge in [-0.2, -0.15) is 13.2 Å². The normalized spacial score (nSPS) is 11.5. The molecule has 2 aromatic heterocycles. The van der Waals surface area contributed by atoms with Gasteiger partial charge in [-0.25, -0.2) is 4.98 Å². The largest absolute Gasteiger partial charge is 0.416 e. The van der Waals surface area contributed by atoms with Gasteiger partial charge in [0.2, 0.25) is 5.91 Å². The van der Waals surface area contributed by atoms with Crippen LogP contribution in [0, 0.1) is 0 Å². The summed E-state index contributed by atoms with van der Waals surface area (Å²) in [6.45, 7) is 0.361. The molecule has 1 amide bonds. The van der Waals surface area contributed by atoms with Crippen LogP contribution in [0.3, 0.4) is 0 Å². The number of hydrogen-bond donors (Lipinski definition) is 1. The maximum atomic E-state index is 13.1. The Bertz CT molecular complexity index is 1220. The second-order valence-corrected chi connectivity index (χ2v) is 7.08. The van der Waals surface area contributed by atoms with Crippen LogP contribution in [0.5, 0.6) is 0 Å². The monoisotopic (exact) mass is 421 g/mol. The van der Waals surface area contributed by atoms with Crippen LogP contribution >= 0.6 is 0 Å². The molecule has 0 aliphatic heterocycles. The van der Waals surface area contributed by atoms with E-state index in [0.717, 1.165) is 23.1 Å². The van der Waals surface area contributed by atoms with Gasteiger partial charge in [0, 0.05) is 29.9 Å². The Morgan fingerprint density at radius 3 is 2.58 bits per heavy atom. The quantitative estimate of drug-likeness (QED) is 0.483. The fourth-order valence-electron chi connectivity index (χ4n) is 3.31. The minimum Gasteiger partial charge on any atom is -0.352 e. The van der Waals surface area contributed by atoms with E-state index < -0.39 is 11.7 Å². The van der Waals surface area contributed by atoms with E-state index in [1.54, 1.807) is 42.7 Å². The molecule has 4 rings (SSSR count). The Labute approximate surface area is 176 Å². The zero-order chi connectivity index (χ0) is 21.8. The number of para-hydroxylation sites is 1. The van der Waals surface area contributed by atoms with Gasteiger partial charge >= 0.3 is 6.18 Å². The molecule has 0 saturated carbocycles. The van der Waals surface area contributed by atoms with E-state index in [1.807, 2.05) is 18.2 Å². The fourth-order valence-corrected chi connectivity index (χ4v) is 3.31. The molecule has 7 heteroatoms. The molecule has 0 fully saturated rings. The zero-order valence-electron chi connectivity index (χ0n) is 16.4. The van der Waals surface area contributed by atoms with E-state index in [2.05, 4.69) is 15.3 Å². The van der Waals surface area contributed by atoms with Gasteiger partial charge in [0.1, 0.15) is 0 Å². The van der Waals surface area contributed by atoms with Crippen LogP contribution < -0.4 is 5.32 Å². The number of aromatic nitrogens is 2. The topological polar surface area (TPSA) is 54.9 Å². The minimum atomic E-state index is -4.43. The maximum Gasteiger partial charge on any atom is 0.416 e. The van der Waals surface area contributed by atoms with Crippen LogP contribution in [-0.4, -0.2) is 15.9 Å². The summed E-state index contributed by atoms with van der Waals surface area (Å²) in [5.74, 6) is -0.178. The molecular formula is C24H18F3N3O. The highest BCUT2D eigenvalue weighted by Crippen LogP contribution is 2.32. The fraction of sp³-hybridized carbons (Fsp3) is 0.125. The molecule has 4 aromatic rings. The zero-order valence-corrected chi connectivity index (χ0v) is 16.4. The SMILES string of the molecule is O=C(Cc1cccc2ccc(-c3cccc(C(F)(F)F)c3)nc12)NCc1cccnc1. The Hall–Kier alpha value is -3.74. The third kappa shape index (κ3) is 4.88. The van der Waals surface area contributed by atoms with E-state index in [9.17, 15) is 18.0 Å². The van der Waals surface area contributed by atoms with Crippen molar-refractivity contribution in [1.82, 2.24) is 15.3 Å². The predicted octanol–water partition coefficient (Wildman–Crippen LogP) is 5.17. The highest BCUT2D eigenvalue weighted by molar-refractivity contribution is 5.89. The van der Waals surface area contributed by atoms with Crippen LogP contribution in [0.25, 0.3) is 22.2 Å². The molecule has 4 nitrogen and oxygen atoms in total. The number of nitrogens with one attached hydrogen (secondary N) is 1. The number of halogens is 3. The first-order valence-electron chi connectivity index (χ1n) is 9.62. The Morgan fingerprint density at radius 1 is 0.968 bits per heavy atom. The number of pyridine rings is 2. The number of carbonyl (C=O) groups excluding carboxylic acids is 1. The second kappa shape index (κ2) is 8.55. The van der Waals surface area contributed by atoms with E-state index >= 15 is 0 Å². The molecule has 0 unspecified atom stereocenters. The molecule has 0 spiro atoms. The smallest absolute Gasteiger partial charge is 0.352 e. The van der Waals surface area contributed by atoms with Crippen molar-refractivity contribution in [2.45, 2.75) is 19.1 Å². The van der Waals surface area contributed by atoms with Crippen molar-refractivity contribution in [2.75, 3.05) is 0 Å². The summed E-state index contributed by atoms with van der Waals surface area (Å²) in [7, 11) is 0. The van der Waals surface area contributed by atoms with Crippen molar-refractivity contribution in [1.29, 1.82) is 0 Å². The van der Waals surface area contributed by atoms with Crippen molar-refractivity contribution < 1.29 is 18.0 Å². The molecule has 0 aliphatic carbocycles. The first-order chi connectivity index (χ1) is 14.9. The number of nitrogens with zero attached hydrogens (tertiary/aromatic N) is 2. The molecule has 1 N–H and O–H groups in total. The van der Waals surface area contributed by atoms with Crippen LogP contribution in [0.2, 0.25) is 0 Å². The van der Waals surface area contributed by atoms with E-state index in [-0.39, 0.29) is 12.3 Å². The number of carbonyl (C=O) groups is 1. The summed E-state index contributed by atoms with van der Waals surface area (Å²) >= 11 is 0. The maximum absolute atomic E-state index is 13.1. The summed E-state index contributed by atoms with van der Waals surface area (Å²) in [5, 5.41) is 3.66. The molecule has 0 atom stereocenters. The third-order valence-corrected chi connectivity index (χ3v) is 4.85.